The molecule has 1 atom stereocenters. The third-order valence-corrected chi connectivity index (χ3v) is 4.22. The standard InChI is InChI=1S/C17H22N2O3/c1-16(2,3)22-15(21)19-10-17(11-19)9-13(18-14(17)20)12-7-5-4-6-8-12/h4-8,13H,9-11H2,1-3H3,(H,18,20)/t13-/m1/s1. The largest absolute Gasteiger partial charge is 0.444 e. The van der Waals surface area contributed by atoms with E-state index in [1.807, 2.05) is 51.1 Å². The number of nitrogens with one attached hydrogen (secondary N) is 1. The van der Waals surface area contributed by atoms with Crippen molar-refractivity contribution in [2.24, 2.45) is 5.41 Å². The minimum absolute atomic E-state index is 0.0366. The van der Waals surface area contributed by atoms with Crippen molar-refractivity contribution < 1.29 is 14.3 Å². The second-order valence-electron chi connectivity index (χ2n) is 7.26. The summed E-state index contributed by atoms with van der Waals surface area (Å²) in [6, 6.07) is 9.99. The highest BCUT2D eigenvalue weighted by Crippen LogP contribution is 2.44. The lowest BCUT2D eigenvalue weighted by molar-refractivity contribution is -0.135. The molecule has 0 aromatic heterocycles. The first kappa shape index (κ1) is 14.9. The normalized spacial score (nSPS) is 23.1. The van der Waals surface area contributed by atoms with Crippen LogP contribution in [0.3, 0.4) is 0 Å². The fourth-order valence-corrected chi connectivity index (χ4v) is 3.15. The molecule has 1 spiro atoms. The molecule has 22 heavy (non-hydrogen) atoms. The van der Waals surface area contributed by atoms with Crippen LogP contribution in [-0.2, 0) is 9.53 Å². The maximum absolute atomic E-state index is 12.3. The zero-order valence-corrected chi connectivity index (χ0v) is 13.3. The zero-order chi connectivity index (χ0) is 16.0. The maximum Gasteiger partial charge on any atom is 0.410 e. The van der Waals surface area contributed by atoms with E-state index in [4.69, 9.17) is 4.74 Å². The van der Waals surface area contributed by atoms with Gasteiger partial charge in [0.25, 0.3) is 0 Å². The Hall–Kier alpha value is -2.04. The minimum Gasteiger partial charge on any atom is -0.444 e. The quantitative estimate of drug-likeness (QED) is 0.867. The number of carbonyl (C=O) groups is 2. The molecule has 0 aliphatic carbocycles. The van der Waals surface area contributed by atoms with Crippen molar-refractivity contribution in [1.82, 2.24) is 10.2 Å². The number of likely N-dealkylation sites (tertiary alicyclic amines) is 1. The van der Waals surface area contributed by atoms with E-state index >= 15 is 0 Å². The lowest BCUT2D eigenvalue weighted by atomic mass is 9.76. The molecule has 2 saturated heterocycles. The molecule has 1 N–H and O–H groups in total. The van der Waals surface area contributed by atoms with Gasteiger partial charge in [-0.25, -0.2) is 4.79 Å². The van der Waals surface area contributed by atoms with Gasteiger partial charge in [0, 0.05) is 13.1 Å². The summed E-state index contributed by atoms with van der Waals surface area (Å²) in [5.74, 6) is 0.0427. The Balaban J connectivity index is 1.63. The van der Waals surface area contributed by atoms with Crippen molar-refractivity contribution in [2.75, 3.05) is 13.1 Å². The monoisotopic (exact) mass is 302 g/mol. The Kier molecular flexibility index (Phi) is 3.38. The van der Waals surface area contributed by atoms with E-state index in [-0.39, 0.29) is 18.0 Å². The van der Waals surface area contributed by atoms with Gasteiger partial charge in [-0.05, 0) is 32.8 Å². The fraction of sp³-hybridized carbons (Fsp3) is 0.529. The molecular formula is C17H22N2O3. The molecule has 2 heterocycles. The molecule has 0 radical (unpaired) electrons. The van der Waals surface area contributed by atoms with Gasteiger partial charge in [-0.15, -0.1) is 0 Å². The molecule has 2 fully saturated rings. The molecule has 0 bridgehead atoms. The molecule has 0 unspecified atom stereocenters. The molecule has 2 aliphatic heterocycles. The number of rotatable bonds is 1. The average Bonchev–Trinajstić information content (AvgIpc) is 2.74. The van der Waals surface area contributed by atoms with Crippen LogP contribution in [0.25, 0.3) is 0 Å². The number of hydrogen-bond acceptors (Lipinski definition) is 3. The zero-order valence-electron chi connectivity index (χ0n) is 13.3. The van der Waals surface area contributed by atoms with E-state index in [0.29, 0.717) is 13.1 Å². The molecule has 2 aliphatic rings. The van der Waals surface area contributed by atoms with Crippen molar-refractivity contribution in [3.05, 3.63) is 35.9 Å². The van der Waals surface area contributed by atoms with Gasteiger partial charge in [0.1, 0.15) is 5.60 Å². The van der Waals surface area contributed by atoms with Gasteiger partial charge in [0.2, 0.25) is 5.91 Å². The van der Waals surface area contributed by atoms with E-state index in [1.54, 1.807) is 4.90 Å². The predicted octanol–water partition coefficient (Wildman–Crippen LogP) is 2.48. The van der Waals surface area contributed by atoms with Gasteiger partial charge in [0.05, 0.1) is 11.5 Å². The van der Waals surface area contributed by atoms with Crippen LogP contribution in [0.4, 0.5) is 4.79 Å². The number of amides is 2. The SMILES string of the molecule is CC(C)(C)OC(=O)N1CC2(C[C@H](c3ccccc3)NC2=O)C1. The Bertz CT molecular complexity index is 586. The first-order valence-corrected chi connectivity index (χ1v) is 7.63. The van der Waals surface area contributed by atoms with Crippen LogP contribution in [0.15, 0.2) is 30.3 Å². The van der Waals surface area contributed by atoms with E-state index in [1.165, 1.54) is 0 Å². The number of carbonyl (C=O) groups excluding carboxylic acids is 2. The predicted molar refractivity (Wildman–Crippen MR) is 82.2 cm³/mol. The first-order chi connectivity index (χ1) is 10.3. The summed E-state index contributed by atoms with van der Waals surface area (Å²) in [6.07, 6.45) is 0.392. The number of hydrogen-bond donors (Lipinski definition) is 1. The van der Waals surface area contributed by atoms with Gasteiger partial charge in [0.15, 0.2) is 0 Å². The van der Waals surface area contributed by atoms with E-state index in [0.717, 1.165) is 12.0 Å². The van der Waals surface area contributed by atoms with Crippen LogP contribution in [0, 0.1) is 5.41 Å². The van der Waals surface area contributed by atoms with Crippen LogP contribution >= 0.6 is 0 Å². The van der Waals surface area contributed by atoms with Crippen molar-refractivity contribution in [2.45, 2.75) is 38.8 Å². The average molecular weight is 302 g/mol. The lowest BCUT2D eigenvalue weighted by Gasteiger charge is -2.45. The highest BCUT2D eigenvalue weighted by molar-refractivity contribution is 5.89. The Morgan fingerprint density at radius 3 is 2.50 bits per heavy atom. The summed E-state index contributed by atoms with van der Waals surface area (Å²) in [4.78, 5) is 25.9. The molecule has 3 rings (SSSR count). The molecular weight excluding hydrogens is 280 g/mol. The van der Waals surface area contributed by atoms with E-state index < -0.39 is 11.0 Å². The fourth-order valence-electron chi connectivity index (χ4n) is 3.15. The number of ether oxygens (including phenoxy) is 1. The van der Waals surface area contributed by atoms with E-state index in [2.05, 4.69) is 5.32 Å². The summed E-state index contributed by atoms with van der Waals surface area (Å²) >= 11 is 0. The molecule has 2 amide bonds. The lowest BCUT2D eigenvalue weighted by Crippen LogP contribution is -2.62. The highest BCUT2D eigenvalue weighted by atomic mass is 16.6. The van der Waals surface area contributed by atoms with Gasteiger partial charge < -0.3 is 15.0 Å². The van der Waals surface area contributed by atoms with Crippen LogP contribution in [0.1, 0.15) is 38.8 Å². The number of nitrogens with zero attached hydrogens (tertiary/aromatic N) is 1. The summed E-state index contributed by atoms with van der Waals surface area (Å²) in [6.45, 7) is 6.41. The summed E-state index contributed by atoms with van der Waals surface area (Å²) < 4.78 is 5.35. The molecule has 5 nitrogen and oxygen atoms in total. The van der Waals surface area contributed by atoms with E-state index in [9.17, 15) is 9.59 Å². The smallest absolute Gasteiger partial charge is 0.410 e. The van der Waals surface area contributed by atoms with Crippen molar-refractivity contribution in [1.29, 1.82) is 0 Å². The van der Waals surface area contributed by atoms with Gasteiger partial charge in [-0.3, -0.25) is 4.79 Å². The summed E-state index contributed by atoms with van der Waals surface area (Å²) in [5, 5.41) is 3.05. The summed E-state index contributed by atoms with van der Waals surface area (Å²) in [5.41, 5.74) is 0.158. The van der Waals surface area contributed by atoms with Gasteiger partial charge >= 0.3 is 6.09 Å². The third kappa shape index (κ3) is 2.67. The summed E-state index contributed by atoms with van der Waals surface area (Å²) in [7, 11) is 0. The third-order valence-electron chi connectivity index (χ3n) is 4.22. The van der Waals surface area contributed by atoms with Crippen molar-refractivity contribution in [3.63, 3.8) is 0 Å². The molecule has 0 saturated carbocycles. The first-order valence-electron chi connectivity index (χ1n) is 7.63. The number of benzene rings is 1. The second-order valence-corrected chi connectivity index (χ2v) is 7.26. The topological polar surface area (TPSA) is 58.6 Å². The van der Waals surface area contributed by atoms with Crippen molar-refractivity contribution >= 4 is 12.0 Å². The van der Waals surface area contributed by atoms with Crippen LogP contribution in [0.5, 0.6) is 0 Å². The minimum atomic E-state index is -0.510. The van der Waals surface area contributed by atoms with Crippen LogP contribution < -0.4 is 5.32 Å². The highest BCUT2D eigenvalue weighted by Gasteiger charge is 2.56. The molecule has 118 valence electrons. The van der Waals surface area contributed by atoms with Crippen molar-refractivity contribution in [3.8, 4) is 0 Å². The molecule has 1 aromatic rings. The second kappa shape index (κ2) is 5.00. The molecule has 5 heteroatoms. The molecule has 1 aromatic carbocycles. The van der Waals surface area contributed by atoms with Gasteiger partial charge in [-0.2, -0.15) is 0 Å². The Labute approximate surface area is 130 Å². The van der Waals surface area contributed by atoms with Crippen LogP contribution in [-0.4, -0.2) is 35.6 Å². The maximum atomic E-state index is 12.3. The van der Waals surface area contributed by atoms with Gasteiger partial charge in [-0.1, -0.05) is 30.3 Å². The Morgan fingerprint density at radius 2 is 1.91 bits per heavy atom. The van der Waals surface area contributed by atoms with Crippen LogP contribution in [0.2, 0.25) is 0 Å². The Morgan fingerprint density at radius 1 is 1.27 bits per heavy atom.